The molecule has 18 heteroatoms. The van der Waals surface area contributed by atoms with E-state index in [-0.39, 0.29) is 98.9 Å². The number of benzene rings is 6. The highest BCUT2D eigenvalue weighted by atomic mass is 16.3. The van der Waals surface area contributed by atoms with Crippen LogP contribution in [0.3, 0.4) is 0 Å². The van der Waals surface area contributed by atoms with Crippen LogP contribution in [-0.2, 0) is 41.9 Å². The normalized spacial score (nSPS) is 12.2. The maximum Gasteiger partial charge on any atom is 0.242 e. The molecule has 0 saturated carbocycles. The van der Waals surface area contributed by atoms with Crippen LogP contribution in [0.5, 0.6) is 11.5 Å². The van der Waals surface area contributed by atoms with Gasteiger partial charge in [0, 0.05) is 39.0 Å². The number of rotatable bonds is 29. The van der Waals surface area contributed by atoms with Crippen molar-refractivity contribution < 1.29 is 39.0 Å². The molecule has 80 heavy (non-hydrogen) atoms. The monoisotopic (exact) mass is 1080 g/mol. The van der Waals surface area contributed by atoms with Crippen LogP contribution in [0.15, 0.2) is 180 Å². The number of hydrogen-bond donors (Lipinski definition) is 10. The number of nitrogens with zero attached hydrogens (tertiary/aromatic N) is 2. The van der Waals surface area contributed by atoms with Gasteiger partial charge in [-0.1, -0.05) is 158 Å². The third-order valence-corrected chi connectivity index (χ3v) is 13.1. The van der Waals surface area contributed by atoms with Crippen molar-refractivity contribution in [1.82, 2.24) is 31.9 Å². The third kappa shape index (κ3) is 20.6. The SMILES string of the molecule is NC(=NCCC[C@@H](NC(=O)C(c1ccccc1)c1ccccc1)C(=O)NCc1ccc(O)cc1)NC(=O)CCCCCCC(=O)NC(N)=NCCC[C@@H](NC(=O)C(c1ccccc1)c1ccccc1)C(=O)NCc1ccc(O)cc1. The summed E-state index contributed by atoms with van der Waals surface area (Å²) in [6.07, 6.45) is 4.00. The largest absolute Gasteiger partial charge is 0.508 e. The highest BCUT2D eigenvalue weighted by molar-refractivity contribution is 5.97. The fourth-order valence-electron chi connectivity index (χ4n) is 8.88. The molecule has 0 aromatic heterocycles. The van der Waals surface area contributed by atoms with Crippen molar-refractivity contribution in [3.8, 4) is 11.5 Å². The first kappa shape index (κ1) is 59.9. The number of carbonyl (C=O) groups excluding carboxylic acids is 6. The third-order valence-electron chi connectivity index (χ3n) is 13.1. The summed E-state index contributed by atoms with van der Waals surface area (Å²) in [5.74, 6) is -3.34. The van der Waals surface area contributed by atoms with Gasteiger partial charge in [-0.3, -0.25) is 49.4 Å². The quantitative estimate of drug-likeness (QED) is 0.0140. The average molecular weight is 1090 g/mol. The van der Waals surface area contributed by atoms with Crippen LogP contribution in [0.25, 0.3) is 0 Å². The number of nitrogens with two attached hydrogens (primary N) is 2. The van der Waals surface area contributed by atoms with Crippen molar-refractivity contribution in [3.05, 3.63) is 203 Å². The summed E-state index contributed by atoms with van der Waals surface area (Å²) in [6, 6.07) is 48.4. The fourth-order valence-corrected chi connectivity index (χ4v) is 8.88. The van der Waals surface area contributed by atoms with Crippen LogP contribution in [-0.4, -0.2) is 82.7 Å². The minimum Gasteiger partial charge on any atom is -0.508 e. The summed E-state index contributed by atoms with van der Waals surface area (Å²) in [6.45, 7) is 0.717. The highest BCUT2D eigenvalue weighted by Gasteiger charge is 2.29. The lowest BCUT2D eigenvalue weighted by molar-refractivity contribution is -0.129. The van der Waals surface area contributed by atoms with E-state index in [0.717, 1.165) is 33.4 Å². The molecule has 12 N–H and O–H groups in total. The molecular formula is C62H72N10O8. The first-order valence-corrected chi connectivity index (χ1v) is 26.9. The van der Waals surface area contributed by atoms with Crippen LogP contribution in [0.2, 0.25) is 0 Å². The lowest BCUT2D eigenvalue weighted by Gasteiger charge is -2.23. The Hall–Kier alpha value is -9.32. The van der Waals surface area contributed by atoms with Crippen molar-refractivity contribution in [2.45, 2.75) is 101 Å². The molecule has 6 aromatic carbocycles. The first-order chi connectivity index (χ1) is 38.8. The topological polar surface area (TPSA) is 292 Å². The minimum atomic E-state index is -0.915. The number of carbonyl (C=O) groups is 6. The van der Waals surface area contributed by atoms with E-state index in [1.807, 2.05) is 121 Å². The molecule has 2 atom stereocenters. The predicted octanol–water partition coefficient (Wildman–Crippen LogP) is 6.43. The lowest BCUT2D eigenvalue weighted by atomic mass is 9.90. The Balaban J connectivity index is 0.901. The van der Waals surface area contributed by atoms with Crippen molar-refractivity contribution >= 4 is 47.4 Å². The Labute approximate surface area is 467 Å². The van der Waals surface area contributed by atoms with Gasteiger partial charge in [-0.15, -0.1) is 0 Å². The van der Waals surface area contributed by atoms with Gasteiger partial charge < -0.3 is 42.9 Å². The van der Waals surface area contributed by atoms with Gasteiger partial charge in [-0.2, -0.15) is 0 Å². The number of phenolic OH excluding ortho intramolecular Hbond substituents is 2. The Morgan fingerprint density at radius 1 is 0.400 bits per heavy atom. The van der Waals surface area contributed by atoms with E-state index >= 15 is 0 Å². The van der Waals surface area contributed by atoms with Crippen molar-refractivity contribution in [1.29, 1.82) is 0 Å². The van der Waals surface area contributed by atoms with Crippen molar-refractivity contribution in [2.24, 2.45) is 21.5 Å². The number of hydrogen-bond acceptors (Lipinski definition) is 10. The second-order valence-corrected chi connectivity index (χ2v) is 19.2. The van der Waals surface area contributed by atoms with E-state index in [0.29, 0.717) is 38.5 Å². The average Bonchev–Trinajstić information content (AvgIpc) is 3.48. The zero-order valence-corrected chi connectivity index (χ0v) is 44.8. The summed E-state index contributed by atoms with van der Waals surface area (Å²) < 4.78 is 0. The Kier molecular flexibility index (Phi) is 24.3. The molecule has 0 radical (unpaired) electrons. The van der Waals surface area contributed by atoms with Crippen molar-refractivity contribution in [2.75, 3.05) is 13.1 Å². The molecule has 6 rings (SSSR count). The zero-order chi connectivity index (χ0) is 56.9. The van der Waals surface area contributed by atoms with E-state index < -0.39 is 35.7 Å². The van der Waals surface area contributed by atoms with Gasteiger partial charge >= 0.3 is 0 Å². The Morgan fingerprint density at radius 3 is 1.02 bits per heavy atom. The molecule has 0 saturated heterocycles. The zero-order valence-electron chi connectivity index (χ0n) is 44.8. The van der Waals surface area contributed by atoms with Crippen molar-refractivity contribution in [3.63, 3.8) is 0 Å². The van der Waals surface area contributed by atoms with Gasteiger partial charge in [-0.05, 0) is 96.2 Å². The smallest absolute Gasteiger partial charge is 0.242 e. The van der Waals surface area contributed by atoms with Crippen LogP contribution >= 0.6 is 0 Å². The van der Waals surface area contributed by atoms with Crippen LogP contribution in [0.1, 0.15) is 109 Å². The predicted molar refractivity (Wildman–Crippen MR) is 309 cm³/mol. The number of aliphatic imine (C=N–C) groups is 2. The molecule has 0 fully saturated rings. The number of unbranched alkanes of at least 4 members (excludes halogenated alkanes) is 3. The second-order valence-electron chi connectivity index (χ2n) is 19.2. The molecule has 0 aliphatic carbocycles. The highest BCUT2D eigenvalue weighted by Crippen LogP contribution is 2.27. The molecule has 0 bridgehead atoms. The van der Waals surface area contributed by atoms with Gasteiger partial charge in [0.05, 0.1) is 11.8 Å². The summed E-state index contributed by atoms with van der Waals surface area (Å²) in [5, 5.41) is 36.3. The van der Waals surface area contributed by atoms with E-state index in [4.69, 9.17) is 11.5 Å². The molecule has 0 unspecified atom stereocenters. The molecular weight excluding hydrogens is 1010 g/mol. The fraction of sp³-hybridized carbons (Fsp3) is 0.290. The van der Waals surface area contributed by atoms with E-state index in [1.54, 1.807) is 24.3 Å². The summed E-state index contributed by atoms with van der Waals surface area (Å²) >= 11 is 0. The Morgan fingerprint density at radius 2 is 0.713 bits per heavy atom. The molecule has 0 heterocycles. The first-order valence-electron chi connectivity index (χ1n) is 26.9. The number of guanidine groups is 2. The van der Waals surface area contributed by atoms with Gasteiger partial charge in [-0.25, -0.2) is 0 Å². The Bertz CT molecular complexity index is 2680. The molecule has 6 aromatic rings. The summed E-state index contributed by atoms with van der Waals surface area (Å²) in [5.41, 5.74) is 16.7. The van der Waals surface area contributed by atoms with E-state index in [2.05, 4.69) is 41.9 Å². The molecule has 0 spiro atoms. The van der Waals surface area contributed by atoms with Gasteiger partial charge in [0.25, 0.3) is 0 Å². The van der Waals surface area contributed by atoms with E-state index in [9.17, 15) is 39.0 Å². The summed E-state index contributed by atoms with van der Waals surface area (Å²) in [7, 11) is 0. The second kappa shape index (κ2) is 32.4. The maximum absolute atomic E-state index is 14.0. The van der Waals surface area contributed by atoms with Crippen LogP contribution in [0, 0.1) is 0 Å². The molecule has 6 amide bonds. The standard InChI is InChI=1S/C62H72N10O8/c63-61(65-39-17-27-51(57(77)67-41-43-31-35-49(73)36-32-43)69-59(79)55(45-19-7-3-8-20-45)46-21-9-4-10-22-46)71-53(75)29-15-1-2-16-30-54(76)72-62(64)66-40-18-28-52(58(78)68-42-44-33-37-50(74)38-34-44)70-60(80)56(47-23-11-5-12-24-47)48-25-13-6-14-26-48/h3-14,19-26,31-38,51-52,55-56,73-74H,1-2,15-18,27-30,39-42H2,(H,67,77)(H,68,78)(H,69,79)(H,70,80)(H3,63,65,71,75)(H3,64,66,72,76)/t51-,52-/m1/s1. The minimum absolute atomic E-state index is 0.0635. The van der Waals surface area contributed by atoms with Gasteiger partial charge in [0.1, 0.15) is 23.6 Å². The van der Waals surface area contributed by atoms with Gasteiger partial charge in [0.15, 0.2) is 11.9 Å². The number of amides is 6. The number of nitrogens with one attached hydrogen (secondary N) is 6. The molecule has 0 aliphatic rings. The number of aromatic hydroxyl groups is 2. The maximum atomic E-state index is 14.0. The van der Waals surface area contributed by atoms with Crippen LogP contribution in [0.4, 0.5) is 0 Å². The van der Waals surface area contributed by atoms with Crippen LogP contribution < -0.4 is 43.4 Å². The van der Waals surface area contributed by atoms with E-state index in [1.165, 1.54) is 24.3 Å². The number of phenols is 2. The lowest BCUT2D eigenvalue weighted by Crippen LogP contribution is -2.48. The molecule has 18 nitrogen and oxygen atoms in total. The molecule has 0 aliphatic heterocycles. The van der Waals surface area contributed by atoms with Gasteiger partial charge in [0.2, 0.25) is 35.4 Å². The molecule has 418 valence electrons. The summed E-state index contributed by atoms with van der Waals surface area (Å²) in [4.78, 5) is 89.2.